The Hall–Kier alpha value is -2.95. The number of para-hydroxylation sites is 1. The van der Waals surface area contributed by atoms with Gasteiger partial charge in [0.15, 0.2) is 0 Å². The van der Waals surface area contributed by atoms with Gasteiger partial charge in [0, 0.05) is 0 Å². The molecule has 0 N–H and O–H groups in total. The maximum Gasteiger partial charge on any atom is 0.422 e. The molecule has 0 aliphatic heterocycles. The number of aldehydes is 1. The minimum atomic E-state index is -1.01. The van der Waals surface area contributed by atoms with Crippen molar-refractivity contribution in [3.05, 3.63) is 66.2 Å². The molecule has 0 saturated carbocycles. The lowest BCUT2D eigenvalue weighted by molar-refractivity contribution is -0.123. The third kappa shape index (κ3) is 3.54. The van der Waals surface area contributed by atoms with Gasteiger partial charge in [0.25, 0.3) is 0 Å². The molecule has 2 amide bonds. The lowest BCUT2D eigenvalue weighted by Crippen LogP contribution is -2.36. The van der Waals surface area contributed by atoms with Crippen molar-refractivity contribution in [3.8, 4) is 5.75 Å². The summed E-state index contributed by atoms with van der Waals surface area (Å²) in [4.78, 5) is 35.2. The van der Waals surface area contributed by atoms with E-state index in [0.29, 0.717) is 17.6 Å². The standard InChI is InChI=1S/C16H13NO4/c18-11-15(13-7-3-1-4-8-13)17(12-19)16(20)21-14-9-5-2-6-10-14/h1-12,15H. The average Bonchev–Trinajstić information content (AvgIpc) is 2.54. The van der Waals surface area contributed by atoms with E-state index >= 15 is 0 Å². The molecule has 2 rings (SSSR count). The molecular weight excluding hydrogens is 270 g/mol. The Morgan fingerprint density at radius 1 is 0.952 bits per heavy atom. The number of carbonyl (C=O) groups excluding carboxylic acids is 3. The fourth-order valence-corrected chi connectivity index (χ4v) is 1.82. The zero-order chi connectivity index (χ0) is 15.1. The fourth-order valence-electron chi connectivity index (χ4n) is 1.82. The molecule has 0 fully saturated rings. The van der Waals surface area contributed by atoms with E-state index in [9.17, 15) is 14.4 Å². The minimum Gasteiger partial charge on any atom is -0.410 e. The molecule has 2 aromatic rings. The molecule has 1 atom stereocenters. The number of imide groups is 1. The van der Waals surface area contributed by atoms with Crippen LogP contribution in [0.1, 0.15) is 11.6 Å². The summed E-state index contributed by atoms with van der Waals surface area (Å²) in [5.41, 5.74) is 0.532. The van der Waals surface area contributed by atoms with Crippen LogP contribution in [0.3, 0.4) is 0 Å². The summed E-state index contributed by atoms with van der Waals surface area (Å²) in [5.74, 6) is 0.298. The molecule has 0 bridgehead atoms. The predicted octanol–water partition coefficient (Wildman–Crippen LogP) is 2.58. The van der Waals surface area contributed by atoms with Gasteiger partial charge in [0.1, 0.15) is 18.1 Å². The van der Waals surface area contributed by atoms with Crippen LogP contribution in [0.2, 0.25) is 0 Å². The SMILES string of the molecule is O=CC(c1ccccc1)N(C=O)C(=O)Oc1ccccc1. The van der Waals surface area contributed by atoms with Gasteiger partial charge in [0.05, 0.1) is 0 Å². The molecule has 0 aliphatic rings. The van der Waals surface area contributed by atoms with Crippen LogP contribution in [0.4, 0.5) is 4.79 Å². The Balaban J connectivity index is 2.19. The first-order valence-corrected chi connectivity index (χ1v) is 6.27. The lowest BCUT2D eigenvalue weighted by Gasteiger charge is -2.21. The van der Waals surface area contributed by atoms with Crippen LogP contribution in [0.25, 0.3) is 0 Å². The number of rotatable bonds is 5. The molecular formula is C16H13NO4. The summed E-state index contributed by atoms with van der Waals surface area (Å²) in [6.07, 6.45) is -0.0926. The molecule has 0 saturated heterocycles. The van der Waals surface area contributed by atoms with E-state index in [2.05, 4.69) is 0 Å². The van der Waals surface area contributed by atoms with Crippen molar-refractivity contribution in [2.45, 2.75) is 6.04 Å². The molecule has 5 nitrogen and oxygen atoms in total. The average molecular weight is 283 g/mol. The first-order valence-electron chi connectivity index (χ1n) is 6.27. The van der Waals surface area contributed by atoms with Gasteiger partial charge in [-0.25, -0.2) is 9.69 Å². The molecule has 0 radical (unpaired) electrons. The van der Waals surface area contributed by atoms with Crippen LogP contribution in [-0.2, 0) is 9.59 Å². The van der Waals surface area contributed by atoms with Crippen molar-refractivity contribution in [1.29, 1.82) is 0 Å². The van der Waals surface area contributed by atoms with Gasteiger partial charge in [-0.3, -0.25) is 4.79 Å². The van der Waals surface area contributed by atoms with Gasteiger partial charge in [-0.05, 0) is 17.7 Å². The molecule has 5 heteroatoms. The third-order valence-electron chi connectivity index (χ3n) is 2.84. The van der Waals surface area contributed by atoms with Crippen LogP contribution < -0.4 is 4.74 Å². The van der Waals surface area contributed by atoms with Crippen LogP contribution in [-0.4, -0.2) is 23.7 Å². The van der Waals surface area contributed by atoms with E-state index in [-0.39, 0.29) is 6.41 Å². The van der Waals surface area contributed by atoms with Gasteiger partial charge < -0.3 is 9.53 Å². The van der Waals surface area contributed by atoms with Gasteiger partial charge in [0.2, 0.25) is 6.41 Å². The smallest absolute Gasteiger partial charge is 0.410 e. The van der Waals surface area contributed by atoms with Crippen LogP contribution in [0.5, 0.6) is 5.75 Å². The van der Waals surface area contributed by atoms with Crippen LogP contribution in [0.15, 0.2) is 60.7 Å². The van der Waals surface area contributed by atoms with Gasteiger partial charge in [-0.1, -0.05) is 48.5 Å². The summed E-state index contributed by atoms with van der Waals surface area (Å²) in [6, 6.07) is 15.8. The molecule has 2 aromatic carbocycles. The summed E-state index contributed by atoms with van der Waals surface area (Å²) in [6.45, 7) is 0. The van der Waals surface area contributed by atoms with Gasteiger partial charge in [-0.2, -0.15) is 0 Å². The van der Waals surface area contributed by atoms with Crippen molar-refractivity contribution >= 4 is 18.8 Å². The molecule has 0 heterocycles. The number of hydrogen-bond acceptors (Lipinski definition) is 4. The van der Waals surface area contributed by atoms with E-state index < -0.39 is 12.1 Å². The van der Waals surface area contributed by atoms with E-state index in [0.717, 1.165) is 4.90 Å². The van der Waals surface area contributed by atoms with Crippen molar-refractivity contribution < 1.29 is 19.1 Å². The van der Waals surface area contributed by atoms with E-state index in [1.807, 2.05) is 0 Å². The predicted molar refractivity (Wildman–Crippen MR) is 75.6 cm³/mol. The molecule has 0 aliphatic carbocycles. The molecule has 1 unspecified atom stereocenters. The quantitative estimate of drug-likeness (QED) is 0.791. The maximum absolute atomic E-state index is 12.0. The Morgan fingerprint density at radius 3 is 2.05 bits per heavy atom. The van der Waals surface area contributed by atoms with Gasteiger partial charge in [-0.15, -0.1) is 0 Å². The fraction of sp³-hybridized carbons (Fsp3) is 0.0625. The minimum absolute atomic E-state index is 0.289. The highest BCUT2D eigenvalue weighted by molar-refractivity contribution is 5.86. The highest BCUT2D eigenvalue weighted by atomic mass is 16.6. The Kier molecular flexibility index (Phi) is 4.82. The first kappa shape index (κ1) is 14.5. The number of amides is 2. The number of carbonyl (C=O) groups is 3. The second-order valence-electron chi connectivity index (χ2n) is 4.19. The Bertz CT molecular complexity index is 613. The second-order valence-corrected chi connectivity index (χ2v) is 4.19. The van der Waals surface area contributed by atoms with E-state index in [1.54, 1.807) is 60.7 Å². The Morgan fingerprint density at radius 2 is 1.52 bits per heavy atom. The number of benzene rings is 2. The van der Waals surface area contributed by atoms with Crippen molar-refractivity contribution in [2.75, 3.05) is 0 Å². The normalized spacial score (nSPS) is 11.2. The summed E-state index contributed by atoms with van der Waals surface area (Å²) >= 11 is 0. The second kappa shape index (κ2) is 7.00. The van der Waals surface area contributed by atoms with Crippen molar-refractivity contribution in [3.63, 3.8) is 0 Å². The van der Waals surface area contributed by atoms with Crippen LogP contribution in [0, 0.1) is 0 Å². The largest absolute Gasteiger partial charge is 0.422 e. The lowest BCUT2D eigenvalue weighted by atomic mass is 10.1. The molecule has 0 aromatic heterocycles. The number of ether oxygens (including phenoxy) is 1. The number of hydrogen-bond donors (Lipinski definition) is 0. The Labute approximate surface area is 121 Å². The van der Waals surface area contributed by atoms with Gasteiger partial charge >= 0.3 is 6.09 Å². The molecule has 0 spiro atoms. The summed E-state index contributed by atoms with van der Waals surface area (Å²) < 4.78 is 5.07. The highest BCUT2D eigenvalue weighted by Gasteiger charge is 2.26. The van der Waals surface area contributed by atoms with E-state index in [1.165, 1.54) is 0 Å². The molecule has 21 heavy (non-hydrogen) atoms. The third-order valence-corrected chi connectivity index (χ3v) is 2.84. The zero-order valence-corrected chi connectivity index (χ0v) is 11.1. The first-order chi connectivity index (χ1) is 10.3. The monoisotopic (exact) mass is 283 g/mol. The zero-order valence-electron chi connectivity index (χ0n) is 11.1. The summed E-state index contributed by atoms with van der Waals surface area (Å²) in [7, 11) is 0. The maximum atomic E-state index is 12.0. The molecule has 106 valence electrons. The number of nitrogens with zero attached hydrogens (tertiary/aromatic N) is 1. The van der Waals surface area contributed by atoms with Crippen molar-refractivity contribution in [2.24, 2.45) is 0 Å². The van der Waals surface area contributed by atoms with E-state index in [4.69, 9.17) is 4.74 Å². The summed E-state index contributed by atoms with van der Waals surface area (Å²) in [5, 5.41) is 0. The van der Waals surface area contributed by atoms with Crippen LogP contribution >= 0.6 is 0 Å². The highest BCUT2D eigenvalue weighted by Crippen LogP contribution is 2.19. The van der Waals surface area contributed by atoms with Crippen molar-refractivity contribution in [1.82, 2.24) is 4.90 Å². The topological polar surface area (TPSA) is 63.7 Å².